The van der Waals surface area contributed by atoms with Crippen molar-refractivity contribution in [2.75, 3.05) is 0 Å². The third-order valence-corrected chi connectivity index (χ3v) is 4.71. The van der Waals surface area contributed by atoms with Gasteiger partial charge in [-0.05, 0) is 52.8 Å². The summed E-state index contributed by atoms with van der Waals surface area (Å²) in [5.74, 6) is 0. The molecule has 0 aromatic heterocycles. The molecule has 0 unspecified atom stereocenters. The quantitative estimate of drug-likeness (QED) is 0.520. The van der Waals surface area contributed by atoms with Crippen molar-refractivity contribution in [1.29, 1.82) is 0 Å². The molecule has 4 rings (SSSR count). The Morgan fingerprint density at radius 2 is 1.82 bits per heavy atom. The first-order chi connectivity index (χ1) is 10.6. The summed E-state index contributed by atoms with van der Waals surface area (Å²) in [5, 5.41) is 3.47. The molecule has 0 spiro atoms. The van der Waals surface area contributed by atoms with Gasteiger partial charge in [-0.25, -0.2) is 0 Å². The van der Waals surface area contributed by atoms with E-state index >= 15 is 0 Å². The standard InChI is InChI=1S/C19H14Cl2O/c1-11-3-2-4-12(5-11)19-16-7-14(20)8-18(21)15(16)6-13-9-22-10-17(13)19/h2-8H,9-10H2,1H3. The van der Waals surface area contributed by atoms with Crippen LogP contribution in [0.3, 0.4) is 0 Å². The predicted molar refractivity (Wildman–Crippen MR) is 92.6 cm³/mol. The van der Waals surface area contributed by atoms with E-state index in [4.69, 9.17) is 27.9 Å². The highest BCUT2D eigenvalue weighted by molar-refractivity contribution is 6.39. The van der Waals surface area contributed by atoms with Crippen LogP contribution in [0.5, 0.6) is 0 Å². The van der Waals surface area contributed by atoms with Gasteiger partial charge in [0.1, 0.15) is 0 Å². The summed E-state index contributed by atoms with van der Waals surface area (Å²) in [5.41, 5.74) is 6.07. The van der Waals surface area contributed by atoms with Crippen molar-refractivity contribution < 1.29 is 4.74 Å². The summed E-state index contributed by atoms with van der Waals surface area (Å²) in [6, 6.07) is 14.4. The first-order valence-corrected chi connectivity index (χ1v) is 7.97. The molecule has 1 heterocycles. The molecular formula is C19H14Cl2O. The van der Waals surface area contributed by atoms with E-state index in [1.165, 1.54) is 27.8 Å². The summed E-state index contributed by atoms with van der Waals surface area (Å²) in [7, 11) is 0. The molecule has 0 atom stereocenters. The molecule has 3 aromatic rings. The fraction of sp³-hybridized carbons (Fsp3) is 0.158. The number of ether oxygens (including phenoxy) is 1. The maximum absolute atomic E-state index is 6.43. The molecule has 3 heteroatoms. The van der Waals surface area contributed by atoms with Gasteiger partial charge in [0.05, 0.1) is 13.2 Å². The first kappa shape index (κ1) is 14.1. The van der Waals surface area contributed by atoms with Gasteiger partial charge in [-0.2, -0.15) is 0 Å². The average molecular weight is 329 g/mol. The van der Waals surface area contributed by atoms with Crippen molar-refractivity contribution in [2.24, 2.45) is 0 Å². The second-order valence-electron chi connectivity index (χ2n) is 5.73. The number of hydrogen-bond acceptors (Lipinski definition) is 1. The Morgan fingerprint density at radius 3 is 2.64 bits per heavy atom. The molecule has 110 valence electrons. The zero-order valence-electron chi connectivity index (χ0n) is 12.1. The van der Waals surface area contributed by atoms with E-state index < -0.39 is 0 Å². The van der Waals surface area contributed by atoms with E-state index in [0.717, 1.165) is 10.8 Å². The highest BCUT2D eigenvalue weighted by Crippen LogP contribution is 2.41. The lowest BCUT2D eigenvalue weighted by molar-refractivity contribution is 0.134. The van der Waals surface area contributed by atoms with Gasteiger partial charge < -0.3 is 4.74 Å². The minimum atomic E-state index is 0.638. The molecule has 0 amide bonds. The Hall–Kier alpha value is -1.54. The molecule has 1 aliphatic heterocycles. The molecule has 22 heavy (non-hydrogen) atoms. The van der Waals surface area contributed by atoms with Crippen LogP contribution in [0.15, 0.2) is 42.5 Å². The molecule has 0 N–H and O–H groups in total. The Kier molecular flexibility index (Phi) is 3.37. The minimum Gasteiger partial charge on any atom is -0.372 e. The van der Waals surface area contributed by atoms with E-state index in [0.29, 0.717) is 23.3 Å². The molecule has 0 radical (unpaired) electrons. The van der Waals surface area contributed by atoms with Crippen LogP contribution in [0.4, 0.5) is 0 Å². The summed E-state index contributed by atoms with van der Waals surface area (Å²) < 4.78 is 5.67. The second kappa shape index (κ2) is 5.27. The van der Waals surface area contributed by atoms with Crippen molar-refractivity contribution in [3.63, 3.8) is 0 Å². The molecule has 0 saturated carbocycles. The van der Waals surface area contributed by atoms with Crippen LogP contribution in [-0.4, -0.2) is 0 Å². The fourth-order valence-corrected chi connectivity index (χ4v) is 3.76. The minimum absolute atomic E-state index is 0.638. The summed E-state index contributed by atoms with van der Waals surface area (Å²) in [6.45, 7) is 3.38. The summed E-state index contributed by atoms with van der Waals surface area (Å²) >= 11 is 12.7. The molecule has 1 nitrogen and oxygen atoms in total. The topological polar surface area (TPSA) is 9.23 Å². The van der Waals surface area contributed by atoms with Crippen LogP contribution in [0.2, 0.25) is 10.0 Å². The predicted octanol–water partition coefficient (Wildman–Crippen LogP) is 6.15. The van der Waals surface area contributed by atoms with Gasteiger partial charge in [-0.1, -0.05) is 53.0 Å². The maximum atomic E-state index is 6.43. The number of fused-ring (bicyclic) bond motifs is 2. The van der Waals surface area contributed by atoms with Crippen molar-refractivity contribution in [2.45, 2.75) is 20.1 Å². The van der Waals surface area contributed by atoms with Gasteiger partial charge in [0.2, 0.25) is 0 Å². The van der Waals surface area contributed by atoms with E-state index in [2.05, 4.69) is 37.3 Å². The Labute approximate surface area is 139 Å². The maximum Gasteiger partial charge on any atom is 0.0731 e. The number of benzene rings is 3. The monoisotopic (exact) mass is 328 g/mol. The van der Waals surface area contributed by atoms with E-state index in [1.807, 2.05) is 6.07 Å². The zero-order chi connectivity index (χ0) is 15.3. The third-order valence-electron chi connectivity index (χ3n) is 4.18. The zero-order valence-corrected chi connectivity index (χ0v) is 13.6. The van der Waals surface area contributed by atoms with Gasteiger partial charge in [0.25, 0.3) is 0 Å². The normalized spacial score (nSPS) is 13.6. The van der Waals surface area contributed by atoms with Crippen LogP contribution in [0.1, 0.15) is 16.7 Å². The number of rotatable bonds is 1. The van der Waals surface area contributed by atoms with Gasteiger partial charge in [0.15, 0.2) is 0 Å². The van der Waals surface area contributed by atoms with Gasteiger partial charge in [-0.15, -0.1) is 0 Å². The molecule has 0 fully saturated rings. The van der Waals surface area contributed by atoms with Crippen LogP contribution in [-0.2, 0) is 18.0 Å². The van der Waals surface area contributed by atoms with Crippen LogP contribution < -0.4 is 0 Å². The molecule has 3 aromatic carbocycles. The highest BCUT2D eigenvalue weighted by atomic mass is 35.5. The molecule has 0 bridgehead atoms. The van der Waals surface area contributed by atoms with Crippen LogP contribution in [0, 0.1) is 6.92 Å². The van der Waals surface area contributed by atoms with E-state index in [1.54, 1.807) is 6.07 Å². The van der Waals surface area contributed by atoms with Crippen molar-refractivity contribution in [3.05, 3.63) is 69.2 Å². The van der Waals surface area contributed by atoms with Gasteiger partial charge >= 0.3 is 0 Å². The van der Waals surface area contributed by atoms with Crippen molar-refractivity contribution in [3.8, 4) is 11.1 Å². The highest BCUT2D eigenvalue weighted by Gasteiger charge is 2.21. The van der Waals surface area contributed by atoms with Crippen LogP contribution in [0.25, 0.3) is 21.9 Å². The SMILES string of the molecule is Cc1cccc(-c2c3c(cc4c(Cl)cc(Cl)cc24)COC3)c1. The Bertz CT molecular complexity index is 900. The number of halogens is 2. The molecule has 1 aliphatic rings. The smallest absolute Gasteiger partial charge is 0.0731 e. The molecule has 0 saturated heterocycles. The fourth-order valence-electron chi connectivity index (χ4n) is 3.21. The molecular weight excluding hydrogens is 315 g/mol. The Balaban J connectivity index is 2.15. The van der Waals surface area contributed by atoms with Crippen LogP contribution >= 0.6 is 23.2 Å². The molecule has 0 aliphatic carbocycles. The van der Waals surface area contributed by atoms with Gasteiger partial charge in [-0.3, -0.25) is 0 Å². The third kappa shape index (κ3) is 2.21. The second-order valence-corrected chi connectivity index (χ2v) is 6.58. The lowest BCUT2D eigenvalue weighted by Gasteiger charge is -2.14. The van der Waals surface area contributed by atoms with E-state index in [-0.39, 0.29) is 0 Å². The lowest BCUT2D eigenvalue weighted by atomic mass is 9.90. The van der Waals surface area contributed by atoms with Crippen molar-refractivity contribution >= 4 is 34.0 Å². The summed E-state index contributed by atoms with van der Waals surface area (Å²) in [6.07, 6.45) is 0. The number of aryl methyl sites for hydroxylation is 1. The lowest BCUT2D eigenvalue weighted by Crippen LogP contribution is -1.93. The van der Waals surface area contributed by atoms with Crippen molar-refractivity contribution in [1.82, 2.24) is 0 Å². The number of hydrogen-bond donors (Lipinski definition) is 0. The summed E-state index contributed by atoms with van der Waals surface area (Å²) in [4.78, 5) is 0. The van der Waals surface area contributed by atoms with E-state index in [9.17, 15) is 0 Å². The Morgan fingerprint density at radius 1 is 0.955 bits per heavy atom. The first-order valence-electron chi connectivity index (χ1n) is 7.22. The average Bonchev–Trinajstić information content (AvgIpc) is 2.93. The van der Waals surface area contributed by atoms with Gasteiger partial charge in [0, 0.05) is 15.4 Å². The largest absolute Gasteiger partial charge is 0.372 e.